The largest absolute Gasteiger partial charge is 0.380 e. The van der Waals surface area contributed by atoms with Crippen molar-refractivity contribution in [3.63, 3.8) is 0 Å². The lowest BCUT2D eigenvalue weighted by Crippen LogP contribution is -2.52. The van der Waals surface area contributed by atoms with Crippen molar-refractivity contribution in [1.82, 2.24) is 20.3 Å². The SMILES string of the molecule is CCOCCNC(=NC)N1CCN(Cc2ccon2)CC1.I. The van der Waals surface area contributed by atoms with Crippen LogP contribution in [0.25, 0.3) is 0 Å². The molecule has 0 saturated carbocycles. The summed E-state index contributed by atoms with van der Waals surface area (Å²) < 4.78 is 10.2. The molecule has 7 nitrogen and oxygen atoms in total. The summed E-state index contributed by atoms with van der Waals surface area (Å²) in [6, 6.07) is 1.92. The second-order valence-corrected chi connectivity index (χ2v) is 4.92. The molecule has 1 aromatic rings. The Morgan fingerprint density at radius 3 is 2.77 bits per heavy atom. The molecule has 1 saturated heterocycles. The van der Waals surface area contributed by atoms with Crippen LogP contribution in [0.3, 0.4) is 0 Å². The first-order valence-corrected chi connectivity index (χ1v) is 7.48. The standard InChI is InChI=1S/C14H25N5O2.HI/c1-3-20-11-5-16-14(15-2)19-8-6-18(7-9-19)12-13-4-10-21-17-13;/h4,10H,3,5-9,11-12H2,1-2H3,(H,15,16);1H. The van der Waals surface area contributed by atoms with E-state index >= 15 is 0 Å². The van der Waals surface area contributed by atoms with E-state index in [0.29, 0.717) is 6.61 Å². The van der Waals surface area contributed by atoms with Crippen LogP contribution in [-0.4, -0.2) is 73.9 Å². The molecule has 8 heteroatoms. The van der Waals surface area contributed by atoms with Gasteiger partial charge in [0.25, 0.3) is 0 Å². The summed E-state index contributed by atoms with van der Waals surface area (Å²) in [7, 11) is 1.82. The lowest BCUT2D eigenvalue weighted by molar-refractivity contribution is 0.148. The van der Waals surface area contributed by atoms with Crippen LogP contribution in [0.4, 0.5) is 0 Å². The second-order valence-electron chi connectivity index (χ2n) is 4.92. The molecule has 22 heavy (non-hydrogen) atoms. The third-order valence-electron chi connectivity index (χ3n) is 3.49. The van der Waals surface area contributed by atoms with Crippen molar-refractivity contribution in [2.45, 2.75) is 13.5 Å². The van der Waals surface area contributed by atoms with Gasteiger partial charge in [-0.3, -0.25) is 9.89 Å². The van der Waals surface area contributed by atoms with E-state index in [1.54, 1.807) is 6.26 Å². The fourth-order valence-corrected chi connectivity index (χ4v) is 2.38. The molecule has 126 valence electrons. The minimum Gasteiger partial charge on any atom is -0.380 e. The van der Waals surface area contributed by atoms with E-state index in [2.05, 4.69) is 25.3 Å². The molecular weight excluding hydrogens is 397 g/mol. The normalized spacial score (nSPS) is 16.5. The average molecular weight is 423 g/mol. The van der Waals surface area contributed by atoms with Crippen molar-refractivity contribution in [2.24, 2.45) is 4.99 Å². The first-order valence-electron chi connectivity index (χ1n) is 7.48. The van der Waals surface area contributed by atoms with Gasteiger partial charge in [-0.05, 0) is 6.92 Å². The molecule has 1 aromatic heterocycles. The Bertz CT molecular complexity index is 419. The molecule has 1 fully saturated rings. The summed E-state index contributed by atoms with van der Waals surface area (Å²) in [5, 5.41) is 7.30. The van der Waals surface area contributed by atoms with E-state index in [1.807, 2.05) is 20.0 Å². The van der Waals surface area contributed by atoms with Crippen LogP contribution in [-0.2, 0) is 11.3 Å². The lowest BCUT2D eigenvalue weighted by Gasteiger charge is -2.36. The number of nitrogens with zero attached hydrogens (tertiary/aromatic N) is 4. The number of piperazine rings is 1. The van der Waals surface area contributed by atoms with Gasteiger partial charge in [0.05, 0.1) is 12.3 Å². The van der Waals surface area contributed by atoms with Crippen LogP contribution in [0.15, 0.2) is 21.8 Å². The quantitative estimate of drug-likeness (QED) is 0.319. The first-order chi connectivity index (χ1) is 10.3. The highest BCUT2D eigenvalue weighted by Crippen LogP contribution is 2.07. The van der Waals surface area contributed by atoms with E-state index in [0.717, 1.165) is 57.5 Å². The summed E-state index contributed by atoms with van der Waals surface area (Å²) in [6.45, 7) is 9.03. The second kappa shape index (κ2) is 10.8. The Balaban J connectivity index is 0.00000242. The minimum atomic E-state index is 0. The smallest absolute Gasteiger partial charge is 0.193 e. The van der Waals surface area contributed by atoms with E-state index < -0.39 is 0 Å². The fraction of sp³-hybridized carbons (Fsp3) is 0.714. The van der Waals surface area contributed by atoms with E-state index in [9.17, 15) is 0 Å². The van der Waals surface area contributed by atoms with Crippen LogP contribution in [0.1, 0.15) is 12.6 Å². The highest BCUT2D eigenvalue weighted by molar-refractivity contribution is 14.0. The Labute approximate surface area is 149 Å². The van der Waals surface area contributed by atoms with Gasteiger partial charge >= 0.3 is 0 Å². The molecule has 0 aromatic carbocycles. The molecule has 0 aliphatic carbocycles. The zero-order valence-corrected chi connectivity index (χ0v) is 15.7. The number of halogens is 1. The van der Waals surface area contributed by atoms with Gasteiger partial charge in [0.1, 0.15) is 6.26 Å². The number of aliphatic imine (C=N–C) groups is 1. The summed E-state index contributed by atoms with van der Waals surface area (Å²) in [5.41, 5.74) is 0.989. The summed E-state index contributed by atoms with van der Waals surface area (Å²) in [4.78, 5) is 9.00. The van der Waals surface area contributed by atoms with Crippen LogP contribution in [0, 0.1) is 0 Å². The number of ether oxygens (including phenoxy) is 1. The molecule has 0 unspecified atom stereocenters. The monoisotopic (exact) mass is 423 g/mol. The number of aromatic nitrogens is 1. The highest BCUT2D eigenvalue weighted by atomic mass is 127. The average Bonchev–Trinajstić information content (AvgIpc) is 3.02. The van der Waals surface area contributed by atoms with E-state index in [-0.39, 0.29) is 24.0 Å². The summed E-state index contributed by atoms with van der Waals surface area (Å²) in [5.74, 6) is 0.954. The van der Waals surface area contributed by atoms with Gasteiger partial charge in [0.2, 0.25) is 0 Å². The van der Waals surface area contributed by atoms with Gasteiger partial charge in [-0.2, -0.15) is 0 Å². The van der Waals surface area contributed by atoms with Crippen LogP contribution in [0.5, 0.6) is 0 Å². The molecule has 1 N–H and O–H groups in total. The number of hydrogen-bond acceptors (Lipinski definition) is 5. The molecule has 0 radical (unpaired) electrons. The molecular formula is C14H26IN5O2. The van der Waals surface area contributed by atoms with Crippen molar-refractivity contribution in [2.75, 3.05) is 53.0 Å². The molecule has 0 spiro atoms. The van der Waals surface area contributed by atoms with Gasteiger partial charge in [-0.1, -0.05) is 5.16 Å². The van der Waals surface area contributed by atoms with Gasteiger partial charge in [0.15, 0.2) is 5.96 Å². The van der Waals surface area contributed by atoms with Crippen molar-refractivity contribution < 1.29 is 9.26 Å². The molecule has 2 heterocycles. The predicted molar refractivity (Wildman–Crippen MR) is 96.6 cm³/mol. The zero-order valence-electron chi connectivity index (χ0n) is 13.3. The third-order valence-corrected chi connectivity index (χ3v) is 3.49. The van der Waals surface area contributed by atoms with Crippen LogP contribution < -0.4 is 5.32 Å². The lowest BCUT2D eigenvalue weighted by atomic mass is 10.3. The van der Waals surface area contributed by atoms with Gasteiger partial charge in [0, 0.05) is 59.0 Å². The highest BCUT2D eigenvalue weighted by Gasteiger charge is 2.19. The van der Waals surface area contributed by atoms with Crippen LogP contribution in [0.2, 0.25) is 0 Å². The minimum absolute atomic E-state index is 0. The maximum Gasteiger partial charge on any atom is 0.193 e. The summed E-state index contributed by atoms with van der Waals surface area (Å²) >= 11 is 0. The van der Waals surface area contributed by atoms with Gasteiger partial charge in [-0.15, -0.1) is 24.0 Å². The molecule has 0 atom stereocenters. The van der Waals surface area contributed by atoms with Crippen molar-refractivity contribution >= 4 is 29.9 Å². The zero-order chi connectivity index (χ0) is 14.9. The topological polar surface area (TPSA) is 66.1 Å². The number of guanidine groups is 1. The maximum atomic E-state index is 5.33. The Hall–Kier alpha value is -0.870. The number of hydrogen-bond donors (Lipinski definition) is 1. The number of nitrogens with one attached hydrogen (secondary N) is 1. The van der Waals surface area contributed by atoms with E-state index in [4.69, 9.17) is 9.26 Å². The van der Waals surface area contributed by atoms with Crippen molar-refractivity contribution in [1.29, 1.82) is 0 Å². The molecule has 2 rings (SSSR count). The molecule has 1 aliphatic rings. The van der Waals surface area contributed by atoms with Crippen LogP contribution >= 0.6 is 24.0 Å². The number of rotatable bonds is 6. The van der Waals surface area contributed by atoms with Crippen molar-refractivity contribution in [3.8, 4) is 0 Å². The first kappa shape index (κ1) is 19.2. The molecule has 0 bridgehead atoms. The van der Waals surface area contributed by atoms with E-state index in [1.165, 1.54) is 0 Å². The molecule has 1 aliphatic heterocycles. The Kier molecular flexibility index (Phi) is 9.41. The van der Waals surface area contributed by atoms with Gasteiger partial charge in [-0.25, -0.2) is 0 Å². The van der Waals surface area contributed by atoms with Gasteiger partial charge < -0.3 is 19.5 Å². The fourth-order valence-electron chi connectivity index (χ4n) is 2.38. The Morgan fingerprint density at radius 1 is 1.41 bits per heavy atom. The molecule has 0 amide bonds. The maximum absolute atomic E-state index is 5.33. The Morgan fingerprint density at radius 2 is 2.18 bits per heavy atom. The third kappa shape index (κ3) is 6.09. The predicted octanol–water partition coefficient (Wildman–Crippen LogP) is 1.02. The van der Waals surface area contributed by atoms with Crippen molar-refractivity contribution in [3.05, 3.63) is 18.0 Å². The summed E-state index contributed by atoms with van der Waals surface area (Å²) in [6.07, 6.45) is 1.62.